The molecule has 0 bridgehead atoms. The zero-order chi connectivity index (χ0) is 20.0. The normalized spacial score (nSPS) is 38.9. The molecule has 0 aliphatic heterocycles. The van der Waals surface area contributed by atoms with Crippen molar-refractivity contribution in [3.05, 3.63) is 60.3 Å². The fourth-order valence-electron chi connectivity index (χ4n) is 6.67. The van der Waals surface area contributed by atoms with Gasteiger partial charge in [0.15, 0.2) is 0 Å². The van der Waals surface area contributed by atoms with E-state index in [4.69, 9.17) is 0 Å². The molecule has 0 N–H and O–H groups in total. The highest BCUT2D eigenvalue weighted by atomic mass is 14.6. The van der Waals surface area contributed by atoms with Crippen molar-refractivity contribution in [3.8, 4) is 0 Å². The zero-order valence-corrected chi connectivity index (χ0v) is 18.4. The zero-order valence-electron chi connectivity index (χ0n) is 18.4. The Morgan fingerprint density at radius 3 is 2.56 bits per heavy atom. The molecule has 5 atom stereocenters. The molecule has 3 rings (SSSR count). The van der Waals surface area contributed by atoms with Gasteiger partial charge < -0.3 is 0 Å². The largest absolute Gasteiger partial charge is 0.0996 e. The van der Waals surface area contributed by atoms with E-state index in [1.54, 1.807) is 0 Å². The van der Waals surface area contributed by atoms with E-state index in [1.165, 1.54) is 48.8 Å². The van der Waals surface area contributed by atoms with Crippen molar-refractivity contribution in [2.45, 2.75) is 73.1 Å². The first-order valence-corrected chi connectivity index (χ1v) is 11.1. The lowest BCUT2D eigenvalue weighted by molar-refractivity contribution is 0.0932. The third kappa shape index (κ3) is 3.45. The fraction of sp³-hybridized carbons (Fsp3) is 0.630. The molecular weight excluding hydrogens is 324 g/mol. The molecule has 3 aliphatic rings. The van der Waals surface area contributed by atoms with Gasteiger partial charge in [0.2, 0.25) is 0 Å². The third-order valence-electron chi connectivity index (χ3n) is 8.12. The summed E-state index contributed by atoms with van der Waals surface area (Å²) in [6.45, 7) is 25.3. The summed E-state index contributed by atoms with van der Waals surface area (Å²) in [5.74, 6) is 2.74. The van der Waals surface area contributed by atoms with Crippen molar-refractivity contribution in [2.75, 3.05) is 0 Å². The first-order chi connectivity index (χ1) is 12.6. The Morgan fingerprint density at radius 2 is 1.93 bits per heavy atom. The van der Waals surface area contributed by atoms with E-state index >= 15 is 0 Å². The molecule has 0 aromatic carbocycles. The molecule has 0 nitrogen and oxygen atoms in total. The average molecular weight is 365 g/mol. The van der Waals surface area contributed by atoms with Crippen molar-refractivity contribution in [1.29, 1.82) is 0 Å². The van der Waals surface area contributed by atoms with E-state index < -0.39 is 0 Å². The maximum Gasteiger partial charge on any atom is 0.0134 e. The second kappa shape index (κ2) is 7.26. The molecule has 0 saturated heterocycles. The minimum atomic E-state index is 0.112. The molecule has 27 heavy (non-hydrogen) atoms. The van der Waals surface area contributed by atoms with Crippen LogP contribution in [0.2, 0.25) is 0 Å². The Kier molecular flexibility index (Phi) is 5.50. The van der Waals surface area contributed by atoms with Crippen molar-refractivity contribution in [1.82, 2.24) is 0 Å². The van der Waals surface area contributed by atoms with Crippen LogP contribution in [0.5, 0.6) is 0 Å². The molecule has 0 spiro atoms. The van der Waals surface area contributed by atoms with Crippen LogP contribution in [0.3, 0.4) is 0 Å². The van der Waals surface area contributed by atoms with Gasteiger partial charge in [-0.1, -0.05) is 89.3 Å². The highest BCUT2D eigenvalue weighted by Gasteiger charge is 2.54. The molecule has 2 fully saturated rings. The number of hydrogen-bond acceptors (Lipinski definition) is 0. The van der Waals surface area contributed by atoms with Gasteiger partial charge in [0.05, 0.1) is 0 Å². The Labute approximate surface area is 168 Å². The predicted octanol–water partition coefficient (Wildman–Crippen LogP) is 8.06. The van der Waals surface area contributed by atoms with Crippen LogP contribution < -0.4 is 0 Å². The average Bonchev–Trinajstić information content (AvgIpc) is 2.91. The van der Waals surface area contributed by atoms with E-state index in [1.807, 2.05) is 0 Å². The summed E-state index contributed by atoms with van der Waals surface area (Å²) in [5.41, 5.74) is 6.12. The maximum absolute atomic E-state index is 4.65. The van der Waals surface area contributed by atoms with Gasteiger partial charge in [0.1, 0.15) is 0 Å². The summed E-state index contributed by atoms with van der Waals surface area (Å²) in [6.07, 6.45) is 14.4. The van der Waals surface area contributed by atoms with Crippen LogP contribution in [-0.4, -0.2) is 0 Å². The predicted molar refractivity (Wildman–Crippen MR) is 120 cm³/mol. The molecule has 0 amide bonds. The van der Waals surface area contributed by atoms with Gasteiger partial charge in [-0.15, -0.1) is 0 Å². The number of hydrogen-bond donors (Lipinski definition) is 0. The molecule has 2 saturated carbocycles. The fourth-order valence-corrected chi connectivity index (χ4v) is 6.67. The molecule has 0 aromatic heterocycles. The van der Waals surface area contributed by atoms with Crippen LogP contribution in [0.1, 0.15) is 73.1 Å². The number of rotatable bonds is 5. The molecule has 3 aliphatic carbocycles. The van der Waals surface area contributed by atoms with E-state index in [0.717, 1.165) is 17.9 Å². The first kappa shape index (κ1) is 20.4. The van der Waals surface area contributed by atoms with Gasteiger partial charge in [-0.05, 0) is 73.2 Å². The molecular formula is C27H40. The summed E-state index contributed by atoms with van der Waals surface area (Å²) >= 11 is 0. The SMILES string of the molecule is C=C1C=CC(C)(C2CC3CCC(C(=C)CC(C)C)C3(C)CC2=C)C(CC)=C1. The van der Waals surface area contributed by atoms with Gasteiger partial charge in [-0.25, -0.2) is 0 Å². The lowest BCUT2D eigenvalue weighted by Crippen LogP contribution is -2.42. The van der Waals surface area contributed by atoms with Gasteiger partial charge in [0, 0.05) is 5.41 Å². The van der Waals surface area contributed by atoms with Crippen molar-refractivity contribution < 1.29 is 0 Å². The Hall–Kier alpha value is -1.30. The van der Waals surface area contributed by atoms with Crippen LogP contribution in [-0.2, 0) is 0 Å². The molecule has 148 valence electrons. The highest BCUT2D eigenvalue weighted by molar-refractivity contribution is 5.43. The second-order valence-electron chi connectivity index (χ2n) is 10.4. The summed E-state index contributed by atoms with van der Waals surface area (Å²) in [5, 5.41) is 0. The molecule has 0 aromatic rings. The minimum Gasteiger partial charge on any atom is -0.0996 e. The molecule has 0 heterocycles. The monoisotopic (exact) mass is 364 g/mol. The summed E-state index contributed by atoms with van der Waals surface area (Å²) < 4.78 is 0. The summed E-state index contributed by atoms with van der Waals surface area (Å²) in [7, 11) is 0. The lowest BCUT2D eigenvalue weighted by atomic mass is 9.53. The summed E-state index contributed by atoms with van der Waals surface area (Å²) in [6, 6.07) is 0. The molecule has 5 unspecified atom stereocenters. The highest BCUT2D eigenvalue weighted by Crippen LogP contribution is 2.63. The van der Waals surface area contributed by atoms with E-state index in [2.05, 4.69) is 72.6 Å². The van der Waals surface area contributed by atoms with E-state index in [0.29, 0.717) is 23.2 Å². The quantitative estimate of drug-likeness (QED) is 0.433. The Balaban J connectivity index is 1.85. The van der Waals surface area contributed by atoms with Crippen LogP contribution in [0.4, 0.5) is 0 Å². The van der Waals surface area contributed by atoms with Crippen molar-refractivity contribution in [2.24, 2.45) is 34.5 Å². The van der Waals surface area contributed by atoms with Gasteiger partial charge in [-0.3, -0.25) is 0 Å². The topological polar surface area (TPSA) is 0 Å². The van der Waals surface area contributed by atoms with Crippen LogP contribution in [0, 0.1) is 34.5 Å². The van der Waals surface area contributed by atoms with Gasteiger partial charge in [-0.2, -0.15) is 0 Å². The van der Waals surface area contributed by atoms with Gasteiger partial charge in [0.25, 0.3) is 0 Å². The van der Waals surface area contributed by atoms with E-state index in [9.17, 15) is 0 Å². The van der Waals surface area contributed by atoms with Crippen molar-refractivity contribution in [3.63, 3.8) is 0 Å². The van der Waals surface area contributed by atoms with Crippen molar-refractivity contribution >= 4 is 0 Å². The molecule has 0 heteroatoms. The minimum absolute atomic E-state index is 0.112. The standard InChI is InChI=1S/C27H40/c1-9-22-15-19(4)12-13-26(22,7)25-16-23-10-11-24(20(5)14-18(2)3)27(23,8)17-21(25)6/h12-13,15,18,23-25H,4-6,9-11,14,16-17H2,1-3,7-8H3. The Bertz CT molecular complexity index is 700. The smallest absolute Gasteiger partial charge is 0.0134 e. The first-order valence-electron chi connectivity index (χ1n) is 11.1. The molecule has 0 radical (unpaired) electrons. The van der Waals surface area contributed by atoms with Crippen LogP contribution in [0.25, 0.3) is 0 Å². The Morgan fingerprint density at radius 1 is 1.22 bits per heavy atom. The van der Waals surface area contributed by atoms with Gasteiger partial charge >= 0.3 is 0 Å². The third-order valence-corrected chi connectivity index (χ3v) is 8.12. The second-order valence-corrected chi connectivity index (χ2v) is 10.4. The van der Waals surface area contributed by atoms with E-state index in [-0.39, 0.29) is 5.41 Å². The number of fused-ring (bicyclic) bond motifs is 1. The lowest BCUT2D eigenvalue weighted by Gasteiger charge is -2.51. The van der Waals surface area contributed by atoms with Crippen LogP contribution >= 0.6 is 0 Å². The number of allylic oxidation sites excluding steroid dienone is 7. The van der Waals surface area contributed by atoms with Crippen LogP contribution in [0.15, 0.2) is 60.3 Å². The summed E-state index contributed by atoms with van der Waals surface area (Å²) in [4.78, 5) is 0. The maximum atomic E-state index is 4.65.